The van der Waals surface area contributed by atoms with Crippen LogP contribution in [-0.4, -0.2) is 38.8 Å². The Morgan fingerprint density at radius 3 is 2.72 bits per heavy atom. The SMILES string of the molecule is CNC(C)c1csc(N(CCOC)CC(C)C)n1. The highest BCUT2D eigenvalue weighted by Crippen LogP contribution is 2.24. The van der Waals surface area contributed by atoms with Gasteiger partial charge in [-0.1, -0.05) is 13.8 Å². The largest absolute Gasteiger partial charge is 0.383 e. The maximum Gasteiger partial charge on any atom is 0.185 e. The minimum Gasteiger partial charge on any atom is -0.383 e. The van der Waals surface area contributed by atoms with Crippen LogP contribution in [0.2, 0.25) is 0 Å². The Morgan fingerprint density at radius 1 is 1.44 bits per heavy atom. The lowest BCUT2D eigenvalue weighted by molar-refractivity contribution is 0.204. The molecule has 1 aromatic rings. The molecule has 0 saturated carbocycles. The van der Waals surface area contributed by atoms with Gasteiger partial charge in [-0.3, -0.25) is 0 Å². The van der Waals surface area contributed by atoms with Gasteiger partial charge in [-0.2, -0.15) is 0 Å². The van der Waals surface area contributed by atoms with Crippen molar-refractivity contribution < 1.29 is 4.74 Å². The van der Waals surface area contributed by atoms with Gasteiger partial charge in [0.25, 0.3) is 0 Å². The van der Waals surface area contributed by atoms with Gasteiger partial charge in [0.15, 0.2) is 5.13 Å². The Bertz CT molecular complexity index is 341. The van der Waals surface area contributed by atoms with Crippen LogP contribution in [0.25, 0.3) is 0 Å². The number of thiazole rings is 1. The predicted octanol–water partition coefficient (Wildman–Crippen LogP) is 2.53. The first-order valence-electron chi connectivity index (χ1n) is 6.45. The van der Waals surface area contributed by atoms with Crippen molar-refractivity contribution in [2.75, 3.05) is 38.8 Å². The molecule has 1 N–H and O–H groups in total. The Morgan fingerprint density at radius 2 is 2.17 bits per heavy atom. The van der Waals surface area contributed by atoms with Crippen molar-refractivity contribution in [2.45, 2.75) is 26.8 Å². The molecular formula is C13H25N3OS. The zero-order valence-corrected chi connectivity index (χ0v) is 12.9. The molecule has 1 atom stereocenters. The van der Waals surface area contributed by atoms with Crippen molar-refractivity contribution in [2.24, 2.45) is 5.92 Å². The second kappa shape index (κ2) is 7.71. The van der Waals surface area contributed by atoms with E-state index in [0.717, 1.165) is 30.5 Å². The summed E-state index contributed by atoms with van der Waals surface area (Å²) >= 11 is 1.71. The lowest BCUT2D eigenvalue weighted by atomic mass is 10.2. The van der Waals surface area contributed by atoms with E-state index in [1.54, 1.807) is 18.4 Å². The molecule has 5 heteroatoms. The van der Waals surface area contributed by atoms with Gasteiger partial charge in [0, 0.05) is 31.6 Å². The molecular weight excluding hydrogens is 246 g/mol. The fourth-order valence-electron chi connectivity index (χ4n) is 1.68. The van der Waals surface area contributed by atoms with Crippen LogP contribution in [-0.2, 0) is 4.74 Å². The van der Waals surface area contributed by atoms with Crippen molar-refractivity contribution in [3.8, 4) is 0 Å². The summed E-state index contributed by atoms with van der Waals surface area (Å²) < 4.78 is 5.17. The summed E-state index contributed by atoms with van der Waals surface area (Å²) in [4.78, 5) is 7.02. The molecule has 4 nitrogen and oxygen atoms in total. The smallest absolute Gasteiger partial charge is 0.185 e. The van der Waals surface area contributed by atoms with Crippen LogP contribution in [0, 0.1) is 5.92 Å². The average Bonchev–Trinajstić information content (AvgIpc) is 2.82. The predicted molar refractivity (Wildman–Crippen MR) is 78.5 cm³/mol. The van der Waals surface area contributed by atoms with Gasteiger partial charge >= 0.3 is 0 Å². The third-order valence-electron chi connectivity index (χ3n) is 2.81. The molecule has 0 aromatic carbocycles. The number of rotatable bonds is 8. The van der Waals surface area contributed by atoms with E-state index in [9.17, 15) is 0 Å². The summed E-state index contributed by atoms with van der Waals surface area (Å²) in [6, 6.07) is 0.304. The van der Waals surface area contributed by atoms with Crippen LogP contribution in [0.4, 0.5) is 5.13 Å². The molecule has 18 heavy (non-hydrogen) atoms. The summed E-state index contributed by atoms with van der Waals surface area (Å²) in [5.74, 6) is 0.621. The second-order valence-corrected chi connectivity index (χ2v) is 5.73. The van der Waals surface area contributed by atoms with Crippen molar-refractivity contribution in [3.05, 3.63) is 11.1 Å². The van der Waals surface area contributed by atoms with E-state index in [4.69, 9.17) is 9.72 Å². The lowest BCUT2D eigenvalue weighted by Crippen LogP contribution is -2.31. The van der Waals surface area contributed by atoms with Gasteiger partial charge in [-0.25, -0.2) is 4.98 Å². The third kappa shape index (κ3) is 4.55. The summed E-state index contributed by atoms with van der Waals surface area (Å²) in [5.41, 5.74) is 1.11. The third-order valence-corrected chi connectivity index (χ3v) is 3.73. The Balaban J connectivity index is 2.74. The number of nitrogens with zero attached hydrogens (tertiary/aromatic N) is 2. The van der Waals surface area contributed by atoms with Gasteiger partial charge in [0.2, 0.25) is 0 Å². The Labute approximate surface area is 114 Å². The molecule has 1 aromatic heterocycles. The number of ether oxygens (including phenoxy) is 1. The van der Waals surface area contributed by atoms with Crippen molar-refractivity contribution in [3.63, 3.8) is 0 Å². The molecule has 1 heterocycles. The van der Waals surface area contributed by atoms with E-state index < -0.39 is 0 Å². The molecule has 0 aliphatic heterocycles. The maximum absolute atomic E-state index is 5.17. The molecule has 0 aliphatic carbocycles. The van der Waals surface area contributed by atoms with Gasteiger partial charge in [-0.15, -0.1) is 11.3 Å². The van der Waals surface area contributed by atoms with Crippen LogP contribution >= 0.6 is 11.3 Å². The first-order chi connectivity index (χ1) is 8.58. The van der Waals surface area contributed by atoms with E-state index >= 15 is 0 Å². The first-order valence-corrected chi connectivity index (χ1v) is 7.33. The van der Waals surface area contributed by atoms with Crippen LogP contribution in [0.15, 0.2) is 5.38 Å². The monoisotopic (exact) mass is 271 g/mol. The Hall–Kier alpha value is -0.650. The van der Waals surface area contributed by atoms with Crippen molar-refractivity contribution in [1.29, 1.82) is 0 Å². The minimum absolute atomic E-state index is 0.304. The number of aromatic nitrogens is 1. The number of hydrogen-bond donors (Lipinski definition) is 1. The highest BCUT2D eigenvalue weighted by molar-refractivity contribution is 7.13. The number of hydrogen-bond acceptors (Lipinski definition) is 5. The lowest BCUT2D eigenvalue weighted by Gasteiger charge is -2.23. The minimum atomic E-state index is 0.304. The molecule has 0 amide bonds. The molecule has 0 aliphatic rings. The molecule has 0 bridgehead atoms. The highest BCUT2D eigenvalue weighted by atomic mass is 32.1. The molecule has 0 radical (unpaired) electrons. The summed E-state index contributed by atoms with van der Waals surface area (Å²) in [6.45, 7) is 9.24. The van der Waals surface area contributed by atoms with Crippen molar-refractivity contribution >= 4 is 16.5 Å². The molecule has 1 unspecified atom stereocenters. The van der Waals surface area contributed by atoms with Crippen molar-refractivity contribution in [1.82, 2.24) is 10.3 Å². The summed E-state index contributed by atoms with van der Waals surface area (Å²) in [7, 11) is 3.70. The van der Waals surface area contributed by atoms with E-state index in [0.29, 0.717) is 12.0 Å². The van der Waals surface area contributed by atoms with Gasteiger partial charge < -0.3 is 15.0 Å². The van der Waals surface area contributed by atoms with E-state index in [1.165, 1.54) is 0 Å². The molecule has 1 rings (SSSR count). The Kier molecular flexibility index (Phi) is 6.60. The highest BCUT2D eigenvalue weighted by Gasteiger charge is 2.14. The fourth-order valence-corrected chi connectivity index (χ4v) is 2.63. The van der Waals surface area contributed by atoms with Crippen LogP contribution in [0.3, 0.4) is 0 Å². The average molecular weight is 271 g/mol. The van der Waals surface area contributed by atoms with E-state index in [1.807, 2.05) is 7.05 Å². The van der Waals surface area contributed by atoms with Crippen LogP contribution < -0.4 is 10.2 Å². The summed E-state index contributed by atoms with van der Waals surface area (Å²) in [5, 5.41) is 6.45. The number of anilines is 1. The fraction of sp³-hybridized carbons (Fsp3) is 0.769. The van der Waals surface area contributed by atoms with Crippen LogP contribution in [0.1, 0.15) is 32.5 Å². The molecule has 0 saturated heterocycles. The zero-order valence-electron chi connectivity index (χ0n) is 12.1. The molecule has 0 fully saturated rings. The van der Waals surface area contributed by atoms with Crippen LogP contribution in [0.5, 0.6) is 0 Å². The zero-order chi connectivity index (χ0) is 13.5. The molecule has 0 spiro atoms. The molecule has 104 valence electrons. The topological polar surface area (TPSA) is 37.4 Å². The number of methoxy groups -OCH3 is 1. The van der Waals surface area contributed by atoms with Gasteiger partial charge in [0.05, 0.1) is 12.3 Å². The van der Waals surface area contributed by atoms with Gasteiger partial charge in [0.1, 0.15) is 0 Å². The quantitative estimate of drug-likeness (QED) is 0.788. The first kappa shape index (κ1) is 15.4. The maximum atomic E-state index is 5.17. The summed E-state index contributed by atoms with van der Waals surface area (Å²) in [6.07, 6.45) is 0. The normalized spacial score (nSPS) is 13.0. The standard InChI is InChI=1S/C13H25N3OS/c1-10(2)8-16(6-7-17-5)13-15-12(9-18-13)11(3)14-4/h9-11,14H,6-8H2,1-5H3. The second-order valence-electron chi connectivity index (χ2n) is 4.90. The van der Waals surface area contributed by atoms with E-state index in [2.05, 4.69) is 36.4 Å². The van der Waals surface area contributed by atoms with Gasteiger partial charge in [-0.05, 0) is 19.9 Å². The van der Waals surface area contributed by atoms with E-state index in [-0.39, 0.29) is 0 Å². The number of nitrogens with one attached hydrogen (secondary N) is 1.